The molecule has 5 rings (SSSR count). The molecule has 1 aliphatic rings. The Morgan fingerprint density at radius 3 is 2.37 bits per heavy atom. The van der Waals surface area contributed by atoms with E-state index in [2.05, 4.69) is 31.3 Å². The van der Waals surface area contributed by atoms with Crippen molar-refractivity contribution in [1.82, 2.24) is 14.9 Å². The minimum absolute atomic E-state index is 0. The van der Waals surface area contributed by atoms with E-state index in [1.54, 1.807) is 0 Å². The fraction of sp³-hybridized carbons (Fsp3) is 0.300. The van der Waals surface area contributed by atoms with Gasteiger partial charge >= 0.3 is 0 Å². The first-order valence-electron chi connectivity index (χ1n) is 12.8. The number of carbonyl (C=O) groups is 2. The number of ether oxygens (including phenoxy) is 2. The van der Waals surface area contributed by atoms with Crippen molar-refractivity contribution < 1.29 is 19.1 Å². The zero-order valence-electron chi connectivity index (χ0n) is 23.0. The lowest BCUT2D eigenvalue weighted by atomic mass is 9.82. The first-order valence-corrected chi connectivity index (χ1v) is 13.7. The number of thioether (sulfide) groups is 1. The smallest absolute Gasteiger partial charge is 0.286 e. The molecule has 0 radical (unpaired) electrons. The van der Waals surface area contributed by atoms with Crippen LogP contribution in [-0.4, -0.2) is 32.5 Å². The molecule has 2 amide bonds. The molecule has 0 aliphatic carbocycles. The van der Waals surface area contributed by atoms with Gasteiger partial charge in [0.2, 0.25) is 5.91 Å². The van der Waals surface area contributed by atoms with Gasteiger partial charge in [0.25, 0.3) is 11.5 Å². The third-order valence-electron chi connectivity index (χ3n) is 7.03. The van der Waals surface area contributed by atoms with E-state index in [1.165, 1.54) is 0 Å². The average Bonchev–Trinajstić information content (AvgIpc) is 3.44. The molecule has 1 saturated heterocycles. The van der Waals surface area contributed by atoms with Gasteiger partial charge in [-0.3, -0.25) is 14.9 Å². The zero-order chi connectivity index (χ0) is 27.6. The number of imide groups is 1. The number of amides is 2. The number of fused-ring (bicyclic) bond motifs is 1. The van der Waals surface area contributed by atoms with Crippen LogP contribution in [0, 0.1) is 0 Å². The number of halogens is 2. The number of nitrogens with zero attached hydrogens (tertiary/aromatic N) is 2. The fourth-order valence-electron chi connectivity index (χ4n) is 4.69. The third-order valence-corrected chi connectivity index (χ3v) is 8.02. The monoisotopic (exact) mass is 616 g/mol. The molecule has 11 heteroatoms. The van der Waals surface area contributed by atoms with Gasteiger partial charge in [-0.2, -0.15) is 0 Å². The van der Waals surface area contributed by atoms with Crippen LogP contribution in [0.5, 0.6) is 5.75 Å². The molecule has 1 fully saturated rings. The molecular formula is C30H34Cl2N4O4S. The van der Waals surface area contributed by atoms with Gasteiger partial charge < -0.3 is 19.8 Å². The second kappa shape index (κ2) is 13.7. The SMILES string of the molecule is Cl.Cl.Cn1c(C(OCc2ccccc2C(C)(C)CN)Oc2ccc(CC3SC(=O)NC3=O)cc2)nc2ccccc21. The molecule has 2 heterocycles. The quantitative estimate of drug-likeness (QED) is 0.215. The minimum Gasteiger partial charge on any atom is -0.457 e. The number of benzene rings is 3. The number of aromatic nitrogens is 2. The van der Waals surface area contributed by atoms with Crippen molar-refractivity contribution in [2.24, 2.45) is 12.8 Å². The van der Waals surface area contributed by atoms with Gasteiger partial charge in [-0.25, -0.2) is 4.98 Å². The van der Waals surface area contributed by atoms with Crippen LogP contribution in [-0.2, 0) is 35.0 Å². The average molecular weight is 618 g/mol. The Hall–Kier alpha value is -3.08. The van der Waals surface area contributed by atoms with Crippen LogP contribution in [0.3, 0.4) is 0 Å². The van der Waals surface area contributed by atoms with Crippen LogP contribution >= 0.6 is 36.6 Å². The summed E-state index contributed by atoms with van der Waals surface area (Å²) in [7, 11) is 1.95. The van der Waals surface area contributed by atoms with E-state index in [1.807, 2.05) is 72.3 Å². The minimum atomic E-state index is -0.781. The lowest BCUT2D eigenvalue weighted by molar-refractivity contribution is -0.118. The number of imidazole rings is 1. The second-order valence-corrected chi connectivity index (χ2v) is 11.4. The van der Waals surface area contributed by atoms with Gasteiger partial charge in [0, 0.05) is 19.0 Å². The Morgan fingerprint density at radius 2 is 1.71 bits per heavy atom. The number of hydrogen-bond donors (Lipinski definition) is 2. The highest BCUT2D eigenvalue weighted by molar-refractivity contribution is 8.15. The normalized spacial score (nSPS) is 15.7. The van der Waals surface area contributed by atoms with E-state index < -0.39 is 11.5 Å². The molecule has 218 valence electrons. The van der Waals surface area contributed by atoms with E-state index in [4.69, 9.17) is 20.2 Å². The van der Waals surface area contributed by atoms with Gasteiger partial charge in [0.15, 0.2) is 5.82 Å². The standard InChI is InChI=1S/C30H32N4O4S.2ClH/c1-30(2,18-31)22-9-5-4-8-20(22)17-37-28(26-32-23-10-6-7-11-24(23)34(26)3)38-21-14-12-19(13-15-21)16-25-27(35)33-29(36)39-25;;/h4-15,25,28H,16-18,31H2,1-3H3,(H,33,35,36);2*1H. The largest absolute Gasteiger partial charge is 0.457 e. The third kappa shape index (κ3) is 7.23. The first kappa shape index (κ1) is 32.4. The van der Waals surface area contributed by atoms with Gasteiger partial charge in [-0.1, -0.05) is 74.1 Å². The summed E-state index contributed by atoms with van der Waals surface area (Å²) in [6.07, 6.45) is -0.322. The molecule has 2 atom stereocenters. The molecular weight excluding hydrogens is 583 g/mol. The van der Waals surface area contributed by atoms with Gasteiger partial charge in [0.1, 0.15) is 5.75 Å². The Morgan fingerprint density at radius 1 is 1.02 bits per heavy atom. The first-order chi connectivity index (χ1) is 18.7. The molecule has 0 saturated carbocycles. The van der Waals surface area contributed by atoms with E-state index >= 15 is 0 Å². The highest BCUT2D eigenvalue weighted by Gasteiger charge is 2.31. The predicted molar refractivity (Wildman–Crippen MR) is 167 cm³/mol. The summed E-state index contributed by atoms with van der Waals surface area (Å²) >= 11 is 1.02. The molecule has 1 aromatic heterocycles. The summed E-state index contributed by atoms with van der Waals surface area (Å²) in [5.74, 6) is 0.998. The van der Waals surface area contributed by atoms with Crippen molar-refractivity contribution in [3.05, 3.63) is 95.3 Å². The maximum absolute atomic E-state index is 11.9. The molecule has 8 nitrogen and oxygen atoms in total. The number of para-hydroxylation sites is 2. The Balaban J connectivity index is 0.00000231. The summed E-state index contributed by atoms with van der Waals surface area (Å²) < 4.78 is 14.8. The van der Waals surface area contributed by atoms with E-state index in [-0.39, 0.29) is 41.4 Å². The fourth-order valence-corrected chi connectivity index (χ4v) is 5.55. The molecule has 3 aromatic carbocycles. The Bertz CT molecular complexity index is 1510. The van der Waals surface area contributed by atoms with E-state index in [0.29, 0.717) is 31.1 Å². The predicted octanol–water partition coefficient (Wildman–Crippen LogP) is 5.84. The molecule has 2 unspecified atom stereocenters. The van der Waals surface area contributed by atoms with Gasteiger partial charge in [-0.05, 0) is 47.4 Å². The molecule has 4 aromatic rings. The second-order valence-electron chi connectivity index (χ2n) is 10.3. The number of nitrogens with one attached hydrogen (secondary N) is 1. The van der Waals surface area contributed by atoms with Gasteiger partial charge in [-0.15, -0.1) is 24.8 Å². The summed E-state index contributed by atoms with van der Waals surface area (Å²) in [6.45, 7) is 5.07. The maximum atomic E-state index is 11.9. The maximum Gasteiger partial charge on any atom is 0.286 e. The summed E-state index contributed by atoms with van der Waals surface area (Å²) in [6, 6.07) is 23.6. The Labute approximate surface area is 256 Å². The summed E-state index contributed by atoms with van der Waals surface area (Å²) in [4.78, 5) is 28.3. The van der Waals surface area contributed by atoms with Crippen LogP contribution in [0.15, 0.2) is 72.8 Å². The zero-order valence-corrected chi connectivity index (χ0v) is 25.5. The van der Waals surface area contributed by atoms with Crippen LogP contribution in [0.25, 0.3) is 11.0 Å². The topological polar surface area (TPSA) is 108 Å². The van der Waals surface area contributed by atoms with Crippen molar-refractivity contribution >= 4 is 58.8 Å². The van der Waals surface area contributed by atoms with Crippen LogP contribution in [0.2, 0.25) is 0 Å². The van der Waals surface area contributed by atoms with Crippen molar-refractivity contribution in [2.45, 2.75) is 43.8 Å². The van der Waals surface area contributed by atoms with Crippen molar-refractivity contribution in [3.8, 4) is 5.75 Å². The molecule has 0 bridgehead atoms. The number of carbonyl (C=O) groups excluding carboxylic acids is 2. The van der Waals surface area contributed by atoms with Crippen LogP contribution in [0.4, 0.5) is 4.79 Å². The lowest BCUT2D eigenvalue weighted by Crippen LogP contribution is -2.29. The number of rotatable bonds is 10. The van der Waals surface area contributed by atoms with E-state index in [0.717, 1.165) is 39.5 Å². The number of aryl methyl sites for hydroxylation is 1. The number of hydrogen-bond acceptors (Lipinski definition) is 7. The Kier molecular flexibility index (Phi) is 10.9. The highest BCUT2D eigenvalue weighted by atomic mass is 35.5. The number of nitrogens with two attached hydrogens (primary N) is 1. The van der Waals surface area contributed by atoms with Gasteiger partial charge in [0.05, 0.1) is 22.9 Å². The van der Waals surface area contributed by atoms with Crippen LogP contribution in [0.1, 0.15) is 42.7 Å². The molecule has 3 N–H and O–H groups in total. The van der Waals surface area contributed by atoms with Crippen molar-refractivity contribution in [1.29, 1.82) is 0 Å². The highest BCUT2D eigenvalue weighted by Crippen LogP contribution is 2.31. The summed E-state index contributed by atoms with van der Waals surface area (Å²) in [5.41, 5.74) is 10.8. The van der Waals surface area contributed by atoms with Crippen molar-refractivity contribution in [3.63, 3.8) is 0 Å². The molecule has 41 heavy (non-hydrogen) atoms. The van der Waals surface area contributed by atoms with Crippen LogP contribution < -0.4 is 15.8 Å². The van der Waals surface area contributed by atoms with Crippen molar-refractivity contribution in [2.75, 3.05) is 6.54 Å². The molecule has 1 aliphatic heterocycles. The summed E-state index contributed by atoms with van der Waals surface area (Å²) in [5, 5.41) is 1.61. The molecule has 0 spiro atoms. The lowest BCUT2D eigenvalue weighted by Gasteiger charge is -2.27. The van der Waals surface area contributed by atoms with E-state index in [9.17, 15) is 9.59 Å².